The van der Waals surface area contributed by atoms with Crippen LogP contribution in [0.25, 0.3) is 6.08 Å². The predicted molar refractivity (Wildman–Crippen MR) is 64.1 cm³/mol. The van der Waals surface area contributed by atoms with E-state index in [0.29, 0.717) is 0 Å². The van der Waals surface area contributed by atoms with Crippen molar-refractivity contribution in [1.82, 2.24) is 0 Å². The van der Waals surface area contributed by atoms with Gasteiger partial charge in [0.05, 0.1) is 0 Å². The maximum atomic E-state index is 2.20. The molecule has 0 aliphatic rings. The molecule has 1 aromatic carbocycles. The molecule has 0 nitrogen and oxygen atoms in total. The van der Waals surface area contributed by atoms with Gasteiger partial charge in [-0.3, -0.25) is 0 Å². The molecule has 0 spiro atoms. The molecular formula is C14H18. The van der Waals surface area contributed by atoms with Crippen molar-refractivity contribution in [3.8, 4) is 0 Å². The molecule has 0 aliphatic carbocycles. The van der Waals surface area contributed by atoms with Crippen LogP contribution in [0.3, 0.4) is 0 Å². The summed E-state index contributed by atoms with van der Waals surface area (Å²) in [6, 6.07) is 10.3. The SMILES string of the molecule is CC(C)(C)/C=C/C=C/c1ccccc1. The average Bonchev–Trinajstić information content (AvgIpc) is 2.13. The highest BCUT2D eigenvalue weighted by Gasteiger charge is 2.01. The second kappa shape index (κ2) is 4.80. The van der Waals surface area contributed by atoms with E-state index in [1.165, 1.54) is 5.56 Å². The summed E-state index contributed by atoms with van der Waals surface area (Å²) in [4.78, 5) is 0. The summed E-state index contributed by atoms with van der Waals surface area (Å²) in [7, 11) is 0. The zero-order valence-electron chi connectivity index (χ0n) is 9.20. The minimum absolute atomic E-state index is 0.265. The van der Waals surface area contributed by atoms with E-state index >= 15 is 0 Å². The Hall–Kier alpha value is -1.30. The molecule has 0 fully saturated rings. The molecule has 14 heavy (non-hydrogen) atoms. The summed E-state index contributed by atoms with van der Waals surface area (Å²) in [5.41, 5.74) is 1.51. The summed E-state index contributed by atoms with van der Waals surface area (Å²) in [5, 5.41) is 0. The Morgan fingerprint density at radius 1 is 0.929 bits per heavy atom. The average molecular weight is 186 g/mol. The third-order valence-electron chi connectivity index (χ3n) is 1.80. The van der Waals surface area contributed by atoms with Crippen LogP contribution >= 0.6 is 0 Å². The summed E-state index contributed by atoms with van der Waals surface area (Å²) in [6.07, 6.45) is 8.50. The molecule has 0 radical (unpaired) electrons. The van der Waals surface area contributed by atoms with Crippen molar-refractivity contribution >= 4 is 6.08 Å². The van der Waals surface area contributed by atoms with Crippen molar-refractivity contribution in [1.29, 1.82) is 0 Å². The second-order valence-corrected chi connectivity index (χ2v) is 4.49. The highest BCUT2D eigenvalue weighted by Crippen LogP contribution is 2.14. The molecule has 74 valence electrons. The highest BCUT2D eigenvalue weighted by atomic mass is 14.1. The van der Waals surface area contributed by atoms with Crippen LogP contribution in [-0.2, 0) is 0 Å². The largest absolute Gasteiger partial charge is 0.0791 e. The van der Waals surface area contributed by atoms with Gasteiger partial charge in [-0.1, -0.05) is 75.4 Å². The molecule has 0 aromatic heterocycles. The number of rotatable bonds is 2. The molecule has 0 bridgehead atoms. The molecule has 0 heterocycles. The van der Waals surface area contributed by atoms with Crippen LogP contribution in [0.4, 0.5) is 0 Å². The third kappa shape index (κ3) is 4.66. The standard InChI is InChI=1S/C14H18/c1-14(2,3)12-8-7-11-13-9-5-4-6-10-13/h4-12H,1-3H3/b11-7+,12-8+. The summed E-state index contributed by atoms with van der Waals surface area (Å²) in [6.45, 7) is 6.58. The molecule has 0 N–H and O–H groups in total. The number of allylic oxidation sites excluding steroid dienone is 3. The molecule has 1 rings (SSSR count). The van der Waals surface area contributed by atoms with E-state index in [1.807, 2.05) is 18.2 Å². The van der Waals surface area contributed by atoms with E-state index in [1.54, 1.807) is 0 Å². The van der Waals surface area contributed by atoms with Crippen molar-refractivity contribution in [2.75, 3.05) is 0 Å². The highest BCUT2D eigenvalue weighted by molar-refractivity contribution is 5.50. The Labute approximate surface area is 87.0 Å². The smallest absolute Gasteiger partial charge is 0.0200 e. The third-order valence-corrected chi connectivity index (χ3v) is 1.80. The lowest BCUT2D eigenvalue weighted by atomic mass is 9.96. The lowest BCUT2D eigenvalue weighted by molar-refractivity contribution is 0.544. The van der Waals surface area contributed by atoms with E-state index < -0.39 is 0 Å². The van der Waals surface area contributed by atoms with Crippen LogP contribution in [-0.4, -0.2) is 0 Å². The predicted octanol–water partition coefficient (Wildman–Crippen LogP) is 4.30. The van der Waals surface area contributed by atoms with Gasteiger partial charge < -0.3 is 0 Å². The van der Waals surface area contributed by atoms with Gasteiger partial charge >= 0.3 is 0 Å². The molecule has 0 atom stereocenters. The maximum absolute atomic E-state index is 2.20. The van der Waals surface area contributed by atoms with Crippen molar-refractivity contribution in [2.45, 2.75) is 20.8 Å². The molecule has 0 aliphatic heterocycles. The van der Waals surface area contributed by atoms with Crippen LogP contribution in [0.2, 0.25) is 0 Å². The Morgan fingerprint density at radius 3 is 2.14 bits per heavy atom. The number of hydrogen-bond acceptors (Lipinski definition) is 0. The normalized spacial score (nSPS) is 12.8. The van der Waals surface area contributed by atoms with Crippen LogP contribution in [0, 0.1) is 5.41 Å². The lowest BCUT2D eigenvalue weighted by Crippen LogP contribution is -1.97. The summed E-state index contributed by atoms with van der Waals surface area (Å²) in [5.74, 6) is 0. The fourth-order valence-corrected chi connectivity index (χ4v) is 1.08. The minimum atomic E-state index is 0.265. The van der Waals surface area contributed by atoms with Gasteiger partial charge in [0.1, 0.15) is 0 Å². The zero-order valence-corrected chi connectivity index (χ0v) is 9.20. The van der Waals surface area contributed by atoms with Crippen LogP contribution in [0.5, 0.6) is 0 Å². The van der Waals surface area contributed by atoms with Crippen LogP contribution in [0.15, 0.2) is 48.6 Å². The molecular weight excluding hydrogens is 168 g/mol. The molecule has 0 saturated carbocycles. The summed E-state index contributed by atoms with van der Waals surface area (Å²) < 4.78 is 0. The van der Waals surface area contributed by atoms with E-state index in [2.05, 4.69) is 57.2 Å². The van der Waals surface area contributed by atoms with E-state index in [0.717, 1.165) is 0 Å². The van der Waals surface area contributed by atoms with Crippen LogP contribution < -0.4 is 0 Å². The monoisotopic (exact) mass is 186 g/mol. The van der Waals surface area contributed by atoms with Gasteiger partial charge in [0, 0.05) is 0 Å². The lowest BCUT2D eigenvalue weighted by Gasteiger charge is -2.09. The summed E-state index contributed by atoms with van der Waals surface area (Å²) >= 11 is 0. The molecule has 1 aromatic rings. The van der Waals surface area contributed by atoms with Gasteiger partial charge in [0.25, 0.3) is 0 Å². The Kier molecular flexibility index (Phi) is 3.70. The van der Waals surface area contributed by atoms with Crippen molar-refractivity contribution in [3.63, 3.8) is 0 Å². The topological polar surface area (TPSA) is 0 Å². The first-order valence-corrected chi connectivity index (χ1v) is 4.99. The Morgan fingerprint density at radius 2 is 1.57 bits per heavy atom. The second-order valence-electron chi connectivity index (χ2n) is 4.49. The van der Waals surface area contributed by atoms with Crippen molar-refractivity contribution < 1.29 is 0 Å². The Balaban J connectivity index is 2.54. The van der Waals surface area contributed by atoms with Gasteiger partial charge in [-0.05, 0) is 11.0 Å². The van der Waals surface area contributed by atoms with E-state index in [-0.39, 0.29) is 5.41 Å². The van der Waals surface area contributed by atoms with Gasteiger partial charge in [-0.15, -0.1) is 0 Å². The molecule has 0 amide bonds. The van der Waals surface area contributed by atoms with Gasteiger partial charge in [0.2, 0.25) is 0 Å². The van der Waals surface area contributed by atoms with Gasteiger partial charge in [0.15, 0.2) is 0 Å². The first-order chi connectivity index (χ1) is 6.58. The molecule has 0 saturated heterocycles. The minimum Gasteiger partial charge on any atom is -0.0791 e. The number of hydrogen-bond donors (Lipinski definition) is 0. The van der Waals surface area contributed by atoms with Crippen molar-refractivity contribution in [2.24, 2.45) is 5.41 Å². The van der Waals surface area contributed by atoms with Gasteiger partial charge in [-0.25, -0.2) is 0 Å². The van der Waals surface area contributed by atoms with E-state index in [4.69, 9.17) is 0 Å². The molecule has 0 heteroatoms. The first-order valence-electron chi connectivity index (χ1n) is 4.99. The van der Waals surface area contributed by atoms with Gasteiger partial charge in [-0.2, -0.15) is 0 Å². The fraction of sp³-hybridized carbons (Fsp3) is 0.286. The number of benzene rings is 1. The molecule has 0 unspecified atom stereocenters. The first kappa shape index (κ1) is 10.8. The van der Waals surface area contributed by atoms with E-state index in [9.17, 15) is 0 Å². The maximum Gasteiger partial charge on any atom is -0.0200 e. The Bertz CT molecular complexity index is 310. The fourth-order valence-electron chi connectivity index (χ4n) is 1.08. The van der Waals surface area contributed by atoms with Crippen LogP contribution in [0.1, 0.15) is 26.3 Å². The quantitative estimate of drug-likeness (QED) is 0.604. The van der Waals surface area contributed by atoms with Crippen molar-refractivity contribution in [3.05, 3.63) is 54.1 Å². The zero-order chi connectivity index (χ0) is 10.4.